The van der Waals surface area contributed by atoms with Gasteiger partial charge in [-0.1, -0.05) is 13.0 Å². The monoisotopic (exact) mass is 527 g/mol. The van der Waals surface area contributed by atoms with Gasteiger partial charge in [-0.3, -0.25) is 0 Å². The van der Waals surface area contributed by atoms with Crippen LogP contribution in [0.5, 0.6) is 11.6 Å². The van der Waals surface area contributed by atoms with Crippen molar-refractivity contribution >= 4 is 49.6 Å². The second kappa shape index (κ2) is 10.8. The predicted octanol–water partition coefficient (Wildman–Crippen LogP) is 5.44. The lowest BCUT2D eigenvalue weighted by Gasteiger charge is -2.29. The first-order valence-electron chi connectivity index (χ1n) is 11.6. The van der Waals surface area contributed by atoms with Crippen LogP contribution < -0.4 is 10.1 Å². The van der Waals surface area contributed by atoms with Gasteiger partial charge in [0.25, 0.3) is 0 Å². The fraction of sp³-hybridized carbons (Fsp3) is 0.320. The van der Waals surface area contributed by atoms with Gasteiger partial charge in [0.05, 0.1) is 17.5 Å². The number of ether oxygens (including phenoxy) is 1. The highest BCUT2D eigenvalue weighted by Crippen LogP contribution is 2.40. The van der Waals surface area contributed by atoms with Crippen LogP contribution in [0.25, 0.3) is 10.9 Å². The number of methoxy groups -OCH3 is 1. The highest BCUT2D eigenvalue weighted by Gasteiger charge is 2.29. The first kappa shape index (κ1) is 25.8. The zero-order chi connectivity index (χ0) is 25.9. The van der Waals surface area contributed by atoms with Crippen molar-refractivity contribution < 1.29 is 18.3 Å². The standard InChI is InChI=1S/C25H29N5O4S2/c1-4-13-30-22-10-9-20(36(32,33)29-14-11-17(2)12-15-29)16-21(22)23(24(30)31)27-28-25(35)26-18-5-7-19(34-3)8-6-18/h4-10,16-17,31H,1,11-15H2,2-3H3,(H,26,35). The number of hydrogen-bond acceptors (Lipinski definition) is 6. The van der Waals surface area contributed by atoms with Crippen LogP contribution in [0.15, 0.2) is 70.2 Å². The predicted molar refractivity (Wildman–Crippen MR) is 145 cm³/mol. The number of allylic oxidation sites excluding steroid dienone is 1. The van der Waals surface area contributed by atoms with Crippen LogP contribution in [-0.2, 0) is 16.6 Å². The van der Waals surface area contributed by atoms with Crippen molar-refractivity contribution in [2.75, 3.05) is 25.5 Å². The van der Waals surface area contributed by atoms with E-state index in [4.69, 9.17) is 17.0 Å². The molecule has 3 aromatic rings. The van der Waals surface area contributed by atoms with E-state index in [0.717, 1.165) is 12.8 Å². The second-order valence-corrected chi connectivity index (χ2v) is 11.0. The molecule has 0 amide bonds. The molecular weight excluding hydrogens is 498 g/mol. The Labute approximate surface area is 216 Å². The summed E-state index contributed by atoms with van der Waals surface area (Å²) in [6.07, 6.45) is 3.29. The minimum Gasteiger partial charge on any atom is -0.497 e. The van der Waals surface area contributed by atoms with Crippen LogP contribution in [0, 0.1) is 5.92 Å². The van der Waals surface area contributed by atoms with E-state index in [9.17, 15) is 13.5 Å². The fourth-order valence-electron chi connectivity index (χ4n) is 4.17. The number of anilines is 1. The topological polar surface area (TPSA) is 109 Å². The number of sulfonamides is 1. The number of nitrogens with one attached hydrogen (secondary N) is 1. The average Bonchev–Trinajstić information content (AvgIpc) is 3.13. The Morgan fingerprint density at radius 2 is 1.94 bits per heavy atom. The Hall–Kier alpha value is -3.28. The third-order valence-electron chi connectivity index (χ3n) is 6.26. The van der Waals surface area contributed by atoms with Crippen molar-refractivity contribution in [3.05, 3.63) is 55.1 Å². The molecule has 1 saturated heterocycles. The molecule has 36 heavy (non-hydrogen) atoms. The van der Waals surface area contributed by atoms with Crippen LogP contribution >= 0.6 is 12.2 Å². The molecule has 0 atom stereocenters. The fourth-order valence-corrected chi connectivity index (χ4v) is 5.82. The molecule has 1 aromatic heterocycles. The molecule has 190 valence electrons. The highest BCUT2D eigenvalue weighted by atomic mass is 32.2. The molecule has 0 spiro atoms. The number of thiocarbonyl (C=S) groups is 1. The number of nitrogens with zero attached hydrogens (tertiary/aromatic N) is 4. The lowest BCUT2D eigenvalue weighted by molar-refractivity contribution is 0.288. The molecule has 1 aliphatic heterocycles. The van der Waals surface area contributed by atoms with E-state index in [-0.39, 0.29) is 21.6 Å². The molecule has 0 radical (unpaired) electrons. The molecule has 0 aliphatic carbocycles. The number of aromatic hydroxyl groups is 1. The van der Waals surface area contributed by atoms with Gasteiger partial charge in [-0.15, -0.1) is 16.8 Å². The normalized spacial score (nSPS) is 15.4. The summed E-state index contributed by atoms with van der Waals surface area (Å²) < 4.78 is 34.9. The summed E-state index contributed by atoms with van der Waals surface area (Å²) in [7, 11) is -2.10. The molecule has 1 aliphatic rings. The Kier molecular flexibility index (Phi) is 7.72. The summed E-state index contributed by atoms with van der Waals surface area (Å²) in [4.78, 5) is 0.149. The molecule has 11 heteroatoms. The Bertz CT molecular complexity index is 1410. The van der Waals surface area contributed by atoms with Crippen molar-refractivity contribution in [3.63, 3.8) is 0 Å². The summed E-state index contributed by atoms with van der Waals surface area (Å²) in [6.45, 7) is 7.16. The van der Waals surface area contributed by atoms with Crippen molar-refractivity contribution in [3.8, 4) is 11.6 Å². The Morgan fingerprint density at radius 3 is 2.58 bits per heavy atom. The number of azo groups is 1. The zero-order valence-corrected chi connectivity index (χ0v) is 21.8. The van der Waals surface area contributed by atoms with E-state index in [2.05, 4.69) is 29.0 Å². The van der Waals surface area contributed by atoms with Crippen molar-refractivity contribution in [2.45, 2.75) is 31.2 Å². The van der Waals surface area contributed by atoms with Crippen molar-refractivity contribution in [2.24, 2.45) is 16.1 Å². The van der Waals surface area contributed by atoms with Crippen LogP contribution in [0.2, 0.25) is 0 Å². The van der Waals surface area contributed by atoms with Crippen LogP contribution in [-0.4, -0.2) is 47.7 Å². The van der Waals surface area contributed by atoms with Crippen molar-refractivity contribution in [1.82, 2.24) is 8.87 Å². The van der Waals surface area contributed by atoms with E-state index in [1.165, 1.54) is 10.4 Å². The number of aromatic nitrogens is 1. The molecule has 9 nitrogen and oxygen atoms in total. The smallest absolute Gasteiger partial charge is 0.243 e. The van der Waals surface area contributed by atoms with E-state index < -0.39 is 10.0 Å². The van der Waals surface area contributed by atoms with Gasteiger partial charge in [-0.25, -0.2) is 8.42 Å². The molecular formula is C25H29N5O4S2. The molecule has 0 saturated carbocycles. The third kappa shape index (κ3) is 5.28. The lowest BCUT2D eigenvalue weighted by atomic mass is 10.0. The van der Waals surface area contributed by atoms with Crippen molar-refractivity contribution in [1.29, 1.82) is 0 Å². The summed E-state index contributed by atoms with van der Waals surface area (Å²) in [5.41, 5.74) is 1.44. The van der Waals surface area contributed by atoms with E-state index in [1.54, 1.807) is 54.2 Å². The Balaban J connectivity index is 1.67. The average molecular weight is 528 g/mol. The number of benzene rings is 2. The van der Waals surface area contributed by atoms with Gasteiger partial charge >= 0.3 is 0 Å². The second-order valence-electron chi connectivity index (χ2n) is 8.70. The van der Waals surface area contributed by atoms with Gasteiger partial charge in [-0.2, -0.15) is 4.31 Å². The number of fused-ring (bicyclic) bond motifs is 1. The SMILES string of the molecule is C=CCn1c(O)c(N=NC(=S)Nc2ccc(OC)cc2)c2cc(S(=O)(=O)N3CCC(C)CC3)ccc21. The van der Waals surface area contributed by atoms with E-state index in [0.29, 0.717) is 47.9 Å². The van der Waals surface area contributed by atoms with Gasteiger partial charge in [0.15, 0.2) is 5.69 Å². The number of hydrogen-bond donors (Lipinski definition) is 2. The maximum Gasteiger partial charge on any atom is 0.243 e. The molecule has 2 heterocycles. The highest BCUT2D eigenvalue weighted by molar-refractivity contribution is 7.89. The summed E-state index contributed by atoms with van der Waals surface area (Å²) in [5, 5.41) is 22.6. The van der Waals surface area contributed by atoms with E-state index >= 15 is 0 Å². The quantitative estimate of drug-likeness (QED) is 0.241. The minimum absolute atomic E-state index is 0.0791. The van der Waals surface area contributed by atoms with Gasteiger partial charge in [-0.05, 0) is 73.4 Å². The van der Waals surface area contributed by atoms with Crippen LogP contribution in [0.4, 0.5) is 11.4 Å². The number of rotatable bonds is 7. The largest absolute Gasteiger partial charge is 0.497 e. The summed E-state index contributed by atoms with van der Waals surface area (Å²) in [6, 6.07) is 11.9. The first-order chi connectivity index (χ1) is 17.2. The van der Waals surface area contributed by atoms with Crippen LogP contribution in [0.3, 0.4) is 0 Å². The molecule has 2 aromatic carbocycles. The zero-order valence-electron chi connectivity index (χ0n) is 20.2. The molecule has 0 bridgehead atoms. The van der Waals surface area contributed by atoms with Crippen LogP contribution in [0.1, 0.15) is 19.8 Å². The van der Waals surface area contributed by atoms with Gasteiger partial charge in [0, 0.05) is 30.7 Å². The lowest BCUT2D eigenvalue weighted by Crippen LogP contribution is -2.37. The minimum atomic E-state index is -3.69. The molecule has 4 rings (SSSR count). The van der Waals surface area contributed by atoms with E-state index in [1.807, 2.05) is 0 Å². The number of piperidine rings is 1. The van der Waals surface area contributed by atoms with Gasteiger partial charge in [0.2, 0.25) is 21.0 Å². The van der Waals surface area contributed by atoms with Gasteiger partial charge < -0.3 is 19.7 Å². The summed E-state index contributed by atoms with van der Waals surface area (Å²) in [5.74, 6) is 1.06. The maximum absolute atomic E-state index is 13.3. The van der Waals surface area contributed by atoms with Gasteiger partial charge in [0.1, 0.15) is 5.75 Å². The Morgan fingerprint density at radius 1 is 1.25 bits per heavy atom. The molecule has 2 N–H and O–H groups in total. The molecule has 1 fully saturated rings. The maximum atomic E-state index is 13.3. The molecule has 0 unspecified atom stereocenters. The third-order valence-corrected chi connectivity index (χ3v) is 8.33. The first-order valence-corrected chi connectivity index (χ1v) is 13.4. The summed E-state index contributed by atoms with van der Waals surface area (Å²) >= 11 is 5.29.